The fourth-order valence-electron chi connectivity index (χ4n) is 3.64. The first kappa shape index (κ1) is 21.1. The number of hydrogen-bond acceptors (Lipinski definition) is 4. The van der Waals surface area contributed by atoms with Crippen molar-refractivity contribution in [3.05, 3.63) is 94.9 Å². The van der Waals surface area contributed by atoms with Gasteiger partial charge in [0, 0.05) is 34.8 Å². The van der Waals surface area contributed by atoms with Crippen LogP contribution < -0.4 is 10.2 Å². The fourth-order valence-corrected chi connectivity index (χ4v) is 3.64. The van der Waals surface area contributed by atoms with Gasteiger partial charge in [-0.1, -0.05) is 30.3 Å². The maximum Gasteiger partial charge on any atom is 0.275 e. The molecular weight excluding hydrogens is 409 g/mol. The number of amides is 1. The first-order valence-electron chi connectivity index (χ1n) is 10.0. The van der Waals surface area contributed by atoms with E-state index in [0.717, 1.165) is 27.7 Å². The number of fused-ring (bicyclic) bond motifs is 1. The summed E-state index contributed by atoms with van der Waals surface area (Å²) in [7, 11) is 1.48. The normalized spacial score (nSPS) is 11.2. The SMILES string of the molecule is COc1ccc(C(=O)N/N=C\c2c(C)n(Cc3ccc(F)cc3)c3ccccc23)c(O)c1. The Morgan fingerprint density at radius 3 is 2.62 bits per heavy atom. The second kappa shape index (κ2) is 8.93. The third-order valence-corrected chi connectivity index (χ3v) is 5.34. The summed E-state index contributed by atoms with van der Waals surface area (Å²) in [5.41, 5.74) is 6.36. The summed E-state index contributed by atoms with van der Waals surface area (Å²) in [5.74, 6) is -0.542. The molecule has 1 heterocycles. The monoisotopic (exact) mass is 431 g/mol. The second-order valence-electron chi connectivity index (χ2n) is 7.31. The van der Waals surface area contributed by atoms with Gasteiger partial charge in [0.2, 0.25) is 0 Å². The molecule has 0 fully saturated rings. The van der Waals surface area contributed by atoms with Crippen molar-refractivity contribution in [2.45, 2.75) is 13.5 Å². The van der Waals surface area contributed by atoms with Crippen LogP contribution in [-0.4, -0.2) is 28.9 Å². The van der Waals surface area contributed by atoms with E-state index in [0.29, 0.717) is 12.3 Å². The molecule has 2 N–H and O–H groups in total. The largest absolute Gasteiger partial charge is 0.507 e. The quantitative estimate of drug-likeness (QED) is 0.346. The molecule has 1 aromatic heterocycles. The molecule has 4 rings (SSSR count). The highest BCUT2D eigenvalue weighted by Gasteiger charge is 2.14. The second-order valence-corrected chi connectivity index (χ2v) is 7.31. The lowest BCUT2D eigenvalue weighted by atomic mass is 10.1. The van der Waals surface area contributed by atoms with Gasteiger partial charge in [0.15, 0.2) is 0 Å². The van der Waals surface area contributed by atoms with Crippen LogP contribution in [0.4, 0.5) is 4.39 Å². The van der Waals surface area contributed by atoms with Crippen molar-refractivity contribution in [3.8, 4) is 11.5 Å². The summed E-state index contributed by atoms with van der Waals surface area (Å²) in [4.78, 5) is 12.4. The van der Waals surface area contributed by atoms with E-state index in [-0.39, 0.29) is 17.1 Å². The smallest absolute Gasteiger partial charge is 0.275 e. The summed E-state index contributed by atoms with van der Waals surface area (Å²) in [6.07, 6.45) is 1.59. The van der Waals surface area contributed by atoms with E-state index in [4.69, 9.17) is 4.74 Å². The highest BCUT2D eigenvalue weighted by molar-refractivity contribution is 6.02. The molecule has 0 bridgehead atoms. The lowest BCUT2D eigenvalue weighted by molar-refractivity contribution is 0.0952. The summed E-state index contributed by atoms with van der Waals surface area (Å²) in [6.45, 7) is 2.55. The minimum atomic E-state index is -0.533. The van der Waals surface area contributed by atoms with Crippen LogP contribution in [0.15, 0.2) is 71.8 Å². The molecule has 0 unspecified atom stereocenters. The van der Waals surface area contributed by atoms with E-state index in [9.17, 15) is 14.3 Å². The molecule has 4 aromatic rings. The first-order valence-corrected chi connectivity index (χ1v) is 10.0. The minimum absolute atomic E-state index is 0.0957. The number of aromatic hydroxyl groups is 1. The predicted molar refractivity (Wildman–Crippen MR) is 122 cm³/mol. The summed E-state index contributed by atoms with van der Waals surface area (Å²) in [6, 6.07) is 18.7. The number of nitrogens with one attached hydrogen (secondary N) is 1. The van der Waals surface area contributed by atoms with Crippen LogP contribution in [0.5, 0.6) is 11.5 Å². The first-order chi connectivity index (χ1) is 15.5. The highest BCUT2D eigenvalue weighted by Crippen LogP contribution is 2.26. The molecule has 0 radical (unpaired) electrons. The Bertz CT molecular complexity index is 1310. The van der Waals surface area contributed by atoms with E-state index in [2.05, 4.69) is 15.1 Å². The third-order valence-electron chi connectivity index (χ3n) is 5.34. The van der Waals surface area contributed by atoms with E-state index < -0.39 is 5.91 Å². The van der Waals surface area contributed by atoms with E-state index in [1.54, 1.807) is 24.4 Å². The Labute approximate surface area is 184 Å². The van der Waals surface area contributed by atoms with Crippen molar-refractivity contribution in [2.24, 2.45) is 5.10 Å². The zero-order chi connectivity index (χ0) is 22.7. The maximum atomic E-state index is 13.3. The standard InChI is InChI=1S/C25H22FN3O3/c1-16-22(14-27-28-25(31)21-12-11-19(32-2)13-24(21)30)20-5-3-4-6-23(20)29(16)15-17-7-9-18(26)10-8-17/h3-14,30H,15H2,1-2H3,(H,28,31)/b27-14-. The number of hydrogen-bond donors (Lipinski definition) is 2. The van der Waals surface area contributed by atoms with E-state index >= 15 is 0 Å². The number of phenolic OH excluding ortho intramolecular Hbond substituents is 1. The Morgan fingerprint density at radius 1 is 1.16 bits per heavy atom. The molecule has 6 nitrogen and oxygen atoms in total. The number of halogens is 1. The molecule has 1 amide bonds. The van der Waals surface area contributed by atoms with Crippen molar-refractivity contribution in [3.63, 3.8) is 0 Å². The summed E-state index contributed by atoms with van der Waals surface area (Å²) >= 11 is 0. The molecule has 0 saturated carbocycles. The molecule has 0 atom stereocenters. The van der Waals surface area contributed by atoms with Gasteiger partial charge in [-0.3, -0.25) is 4.79 Å². The average Bonchev–Trinajstić information content (AvgIpc) is 3.06. The zero-order valence-electron chi connectivity index (χ0n) is 17.7. The van der Waals surface area contributed by atoms with Crippen LogP contribution >= 0.6 is 0 Å². The number of carbonyl (C=O) groups is 1. The van der Waals surface area contributed by atoms with Crippen molar-refractivity contribution < 1.29 is 19.0 Å². The molecule has 0 aliphatic heterocycles. The molecule has 0 aliphatic carbocycles. The molecule has 0 spiro atoms. The molecular formula is C25H22FN3O3. The third kappa shape index (κ3) is 4.18. The number of carbonyl (C=O) groups excluding carboxylic acids is 1. The van der Waals surface area contributed by atoms with Crippen molar-refractivity contribution in [2.75, 3.05) is 7.11 Å². The summed E-state index contributed by atoms with van der Waals surface area (Å²) < 4.78 is 20.4. The Morgan fingerprint density at radius 2 is 1.91 bits per heavy atom. The molecule has 0 aliphatic rings. The van der Waals surface area contributed by atoms with Gasteiger partial charge >= 0.3 is 0 Å². The number of rotatable bonds is 6. The van der Waals surface area contributed by atoms with Crippen LogP contribution in [0, 0.1) is 12.7 Å². The Hall–Kier alpha value is -4.13. The topological polar surface area (TPSA) is 75.8 Å². The lowest BCUT2D eigenvalue weighted by Crippen LogP contribution is -2.17. The number of phenols is 1. The number of aromatic nitrogens is 1. The Kier molecular flexibility index (Phi) is 5.89. The van der Waals surface area contributed by atoms with Crippen LogP contribution in [0.2, 0.25) is 0 Å². The molecule has 3 aromatic carbocycles. The van der Waals surface area contributed by atoms with Gasteiger partial charge in [-0.15, -0.1) is 0 Å². The lowest BCUT2D eigenvalue weighted by Gasteiger charge is -2.09. The average molecular weight is 431 g/mol. The van der Waals surface area contributed by atoms with Crippen LogP contribution in [-0.2, 0) is 6.54 Å². The fraction of sp³-hybridized carbons (Fsp3) is 0.120. The van der Waals surface area contributed by atoms with Gasteiger partial charge in [0.1, 0.15) is 17.3 Å². The summed E-state index contributed by atoms with van der Waals surface area (Å²) in [5, 5.41) is 15.1. The molecule has 7 heteroatoms. The Balaban J connectivity index is 1.60. The number of methoxy groups -OCH3 is 1. The van der Waals surface area contributed by atoms with E-state index in [1.807, 2.05) is 31.2 Å². The van der Waals surface area contributed by atoms with Gasteiger partial charge in [-0.25, -0.2) is 9.82 Å². The van der Waals surface area contributed by atoms with Crippen LogP contribution in [0.3, 0.4) is 0 Å². The number of ether oxygens (including phenoxy) is 1. The van der Waals surface area contributed by atoms with Crippen LogP contribution in [0.1, 0.15) is 27.2 Å². The number of benzene rings is 3. The van der Waals surface area contributed by atoms with Crippen molar-refractivity contribution in [1.29, 1.82) is 0 Å². The molecule has 0 saturated heterocycles. The number of nitrogens with zero attached hydrogens (tertiary/aromatic N) is 2. The van der Waals surface area contributed by atoms with Gasteiger partial charge < -0.3 is 14.4 Å². The van der Waals surface area contributed by atoms with Gasteiger partial charge in [-0.2, -0.15) is 5.10 Å². The minimum Gasteiger partial charge on any atom is -0.507 e. The van der Waals surface area contributed by atoms with Gasteiger partial charge in [-0.05, 0) is 42.8 Å². The zero-order valence-corrected chi connectivity index (χ0v) is 17.7. The maximum absolute atomic E-state index is 13.3. The van der Waals surface area contributed by atoms with Crippen molar-refractivity contribution in [1.82, 2.24) is 9.99 Å². The number of hydrazone groups is 1. The molecule has 162 valence electrons. The predicted octanol–water partition coefficient (Wildman–Crippen LogP) is 4.62. The highest BCUT2D eigenvalue weighted by atomic mass is 19.1. The van der Waals surface area contributed by atoms with Crippen LogP contribution in [0.25, 0.3) is 10.9 Å². The van der Waals surface area contributed by atoms with Crippen molar-refractivity contribution >= 4 is 23.0 Å². The number of para-hydroxylation sites is 1. The van der Waals surface area contributed by atoms with Gasteiger partial charge in [0.05, 0.1) is 18.9 Å². The molecule has 32 heavy (non-hydrogen) atoms. The van der Waals surface area contributed by atoms with E-state index in [1.165, 1.54) is 31.4 Å². The van der Waals surface area contributed by atoms with Gasteiger partial charge in [0.25, 0.3) is 5.91 Å².